The molecule has 0 spiro atoms. The average molecular weight is 355 g/mol. The number of carboxylic acid groups (broad SMARTS) is 1. The van der Waals surface area contributed by atoms with Gasteiger partial charge in [-0.25, -0.2) is 19.4 Å². The van der Waals surface area contributed by atoms with E-state index in [-0.39, 0.29) is 18.1 Å². The Balaban J connectivity index is 2.15. The van der Waals surface area contributed by atoms with Gasteiger partial charge in [0, 0.05) is 6.07 Å². The molecule has 0 bridgehead atoms. The molecule has 2 heterocycles. The van der Waals surface area contributed by atoms with Crippen LogP contribution in [0.25, 0.3) is 5.82 Å². The van der Waals surface area contributed by atoms with Gasteiger partial charge in [-0.2, -0.15) is 5.10 Å². The van der Waals surface area contributed by atoms with Crippen molar-refractivity contribution in [3.05, 3.63) is 64.7 Å². The molecule has 0 radical (unpaired) electrons. The van der Waals surface area contributed by atoms with Gasteiger partial charge in [0.15, 0.2) is 5.82 Å². The highest BCUT2D eigenvalue weighted by Crippen LogP contribution is 2.35. The molecular weight excluding hydrogens is 342 g/mol. The van der Waals surface area contributed by atoms with Gasteiger partial charge in [-0.05, 0) is 5.56 Å². The maximum atomic E-state index is 11.8. The molecule has 0 atom stereocenters. The van der Waals surface area contributed by atoms with Crippen LogP contribution in [-0.4, -0.2) is 35.9 Å². The molecule has 2 aromatic heterocycles. The van der Waals surface area contributed by atoms with Crippen molar-refractivity contribution in [3.8, 4) is 5.82 Å². The number of amides is 1. The van der Waals surface area contributed by atoms with Crippen molar-refractivity contribution >= 4 is 23.3 Å². The van der Waals surface area contributed by atoms with Crippen molar-refractivity contribution in [1.29, 1.82) is 0 Å². The van der Waals surface area contributed by atoms with Crippen molar-refractivity contribution < 1.29 is 14.8 Å². The highest BCUT2D eigenvalue weighted by Gasteiger charge is 2.29. The van der Waals surface area contributed by atoms with E-state index in [2.05, 4.69) is 15.1 Å². The van der Waals surface area contributed by atoms with E-state index in [9.17, 15) is 20.0 Å². The van der Waals surface area contributed by atoms with Gasteiger partial charge in [-0.3, -0.25) is 15.0 Å². The average Bonchev–Trinajstić information content (AvgIpc) is 3.14. The van der Waals surface area contributed by atoms with Crippen LogP contribution in [0.4, 0.5) is 22.0 Å². The number of carbonyl (C=O) groups is 1. The van der Waals surface area contributed by atoms with E-state index in [1.807, 2.05) is 0 Å². The summed E-state index contributed by atoms with van der Waals surface area (Å²) in [7, 11) is 0. The fraction of sp³-hybridized carbons (Fsp3) is 0.0667. The topological polar surface area (TPSA) is 153 Å². The summed E-state index contributed by atoms with van der Waals surface area (Å²) in [6.45, 7) is -0.0999. The molecule has 1 amide bonds. The lowest BCUT2D eigenvalue weighted by Gasteiger charge is -2.20. The molecule has 11 heteroatoms. The molecule has 26 heavy (non-hydrogen) atoms. The van der Waals surface area contributed by atoms with Crippen molar-refractivity contribution in [2.75, 3.05) is 10.6 Å². The Kier molecular flexibility index (Phi) is 4.43. The summed E-state index contributed by atoms with van der Waals surface area (Å²) in [5.41, 5.74) is 5.59. The minimum absolute atomic E-state index is 0.0999. The van der Waals surface area contributed by atoms with Gasteiger partial charge in [-0.1, -0.05) is 30.3 Å². The number of hydrogen-bond acceptors (Lipinski definition) is 7. The van der Waals surface area contributed by atoms with Crippen molar-refractivity contribution in [1.82, 2.24) is 19.7 Å². The number of nitrogens with two attached hydrogens (primary N) is 1. The number of nitrogens with zero attached hydrogens (tertiary/aromatic N) is 6. The minimum Gasteiger partial charge on any atom is -0.465 e. The Labute approximate surface area is 146 Å². The molecule has 0 aliphatic heterocycles. The molecular formula is C15H13N7O4. The van der Waals surface area contributed by atoms with Gasteiger partial charge in [0.1, 0.15) is 18.3 Å². The largest absolute Gasteiger partial charge is 0.465 e. The zero-order valence-electron chi connectivity index (χ0n) is 13.3. The zero-order chi connectivity index (χ0) is 18.7. The minimum atomic E-state index is -1.37. The molecule has 0 saturated heterocycles. The maximum Gasteiger partial charge on any atom is 0.412 e. The van der Waals surface area contributed by atoms with E-state index < -0.39 is 22.5 Å². The van der Waals surface area contributed by atoms with Crippen LogP contribution in [0.15, 0.2) is 49.1 Å². The van der Waals surface area contributed by atoms with Crippen LogP contribution >= 0.6 is 0 Å². The third-order valence-electron chi connectivity index (χ3n) is 3.53. The monoisotopic (exact) mass is 355 g/mol. The number of rotatable bonds is 5. The third kappa shape index (κ3) is 3.26. The number of aromatic nitrogens is 4. The standard InChI is InChI=1S/C15H13N7O4/c16-14-13(22(25)26)11(6-12(19-14)21-9-17-8-18-21)20(15(23)24)7-10-4-2-1-3-5-10/h1-6,8-9H,7H2,(H2,16,19)(H,23,24). The number of nitrogen functional groups attached to an aromatic ring is 1. The number of nitro groups is 1. The molecule has 3 aromatic rings. The molecule has 132 valence electrons. The molecule has 1 aromatic carbocycles. The second kappa shape index (κ2) is 6.84. The number of benzene rings is 1. The highest BCUT2D eigenvalue weighted by atomic mass is 16.6. The SMILES string of the molecule is Nc1nc(-n2cncn2)cc(N(Cc2ccccc2)C(=O)O)c1[N+](=O)[O-]. The molecule has 0 unspecified atom stereocenters. The molecule has 0 aliphatic rings. The molecule has 3 N–H and O–H groups in total. The van der Waals surface area contributed by atoms with E-state index in [0.29, 0.717) is 5.56 Å². The molecule has 3 rings (SSSR count). The summed E-state index contributed by atoms with van der Waals surface area (Å²) in [4.78, 5) is 31.0. The van der Waals surface area contributed by atoms with E-state index in [0.717, 1.165) is 4.90 Å². The Bertz CT molecular complexity index is 944. The van der Waals surface area contributed by atoms with Crippen LogP contribution < -0.4 is 10.6 Å². The van der Waals surface area contributed by atoms with E-state index in [4.69, 9.17) is 5.73 Å². The fourth-order valence-corrected chi connectivity index (χ4v) is 2.39. The first-order chi connectivity index (χ1) is 12.5. The van der Waals surface area contributed by atoms with Gasteiger partial charge in [0.2, 0.25) is 5.82 Å². The summed E-state index contributed by atoms with van der Waals surface area (Å²) < 4.78 is 1.23. The van der Waals surface area contributed by atoms with Crippen molar-refractivity contribution in [2.24, 2.45) is 0 Å². The van der Waals surface area contributed by atoms with Crippen LogP contribution in [0.3, 0.4) is 0 Å². The van der Waals surface area contributed by atoms with Crippen LogP contribution in [0.1, 0.15) is 5.56 Å². The summed E-state index contributed by atoms with van der Waals surface area (Å²) in [5.74, 6) is -0.308. The van der Waals surface area contributed by atoms with E-state index in [1.54, 1.807) is 30.3 Å². The van der Waals surface area contributed by atoms with Gasteiger partial charge in [-0.15, -0.1) is 0 Å². The van der Waals surface area contributed by atoms with Crippen LogP contribution in [0.2, 0.25) is 0 Å². The van der Waals surface area contributed by atoms with Crippen LogP contribution in [0, 0.1) is 10.1 Å². The quantitative estimate of drug-likeness (QED) is 0.519. The normalized spacial score (nSPS) is 10.5. The molecule has 0 aliphatic carbocycles. The van der Waals surface area contributed by atoms with Gasteiger partial charge in [0.05, 0.1) is 11.5 Å². The Morgan fingerprint density at radius 2 is 2.08 bits per heavy atom. The zero-order valence-corrected chi connectivity index (χ0v) is 13.3. The second-order valence-corrected chi connectivity index (χ2v) is 5.18. The third-order valence-corrected chi connectivity index (χ3v) is 3.53. The molecule has 11 nitrogen and oxygen atoms in total. The second-order valence-electron chi connectivity index (χ2n) is 5.18. The van der Waals surface area contributed by atoms with Crippen molar-refractivity contribution in [3.63, 3.8) is 0 Å². The Morgan fingerprint density at radius 1 is 1.35 bits per heavy atom. The maximum absolute atomic E-state index is 11.8. The Morgan fingerprint density at radius 3 is 2.65 bits per heavy atom. The van der Waals surface area contributed by atoms with Crippen molar-refractivity contribution in [2.45, 2.75) is 6.54 Å². The first-order valence-electron chi connectivity index (χ1n) is 7.31. The summed E-state index contributed by atoms with van der Waals surface area (Å²) >= 11 is 0. The van der Waals surface area contributed by atoms with E-state index >= 15 is 0 Å². The number of anilines is 2. The summed E-state index contributed by atoms with van der Waals surface area (Å²) in [6.07, 6.45) is 1.20. The summed E-state index contributed by atoms with van der Waals surface area (Å²) in [5, 5.41) is 24.9. The number of pyridine rings is 1. The summed E-state index contributed by atoms with van der Waals surface area (Å²) in [6, 6.07) is 9.93. The lowest BCUT2D eigenvalue weighted by Crippen LogP contribution is -2.30. The lowest BCUT2D eigenvalue weighted by molar-refractivity contribution is -0.383. The highest BCUT2D eigenvalue weighted by molar-refractivity contribution is 5.91. The number of hydrogen-bond donors (Lipinski definition) is 2. The first kappa shape index (κ1) is 16.8. The predicted octanol–water partition coefficient (Wildman–Crippen LogP) is 1.84. The fourth-order valence-electron chi connectivity index (χ4n) is 2.39. The predicted molar refractivity (Wildman–Crippen MR) is 90.9 cm³/mol. The van der Waals surface area contributed by atoms with Gasteiger partial charge >= 0.3 is 11.8 Å². The lowest BCUT2D eigenvalue weighted by atomic mass is 10.2. The van der Waals surface area contributed by atoms with Gasteiger partial charge < -0.3 is 10.8 Å². The molecule has 0 fully saturated rings. The smallest absolute Gasteiger partial charge is 0.412 e. The first-order valence-corrected chi connectivity index (χ1v) is 7.31. The van der Waals surface area contributed by atoms with Crippen LogP contribution in [0.5, 0.6) is 0 Å². The van der Waals surface area contributed by atoms with Crippen LogP contribution in [-0.2, 0) is 6.54 Å². The molecule has 0 saturated carbocycles. The van der Waals surface area contributed by atoms with Gasteiger partial charge in [0.25, 0.3) is 0 Å². The Hall–Kier alpha value is -4.02. The van der Waals surface area contributed by atoms with E-state index in [1.165, 1.54) is 23.4 Å².